The van der Waals surface area contributed by atoms with Gasteiger partial charge in [0.1, 0.15) is 5.82 Å². The molecule has 1 heterocycles. The molecule has 0 aliphatic rings. The summed E-state index contributed by atoms with van der Waals surface area (Å²) in [6, 6.07) is 9.36. The van der Waals surface area contributed by atoms with Gasteiger partial charge in [0.05, 0.1) is 26.8 Å². The Hall–Kier alpha value is -1.78. The summed E-state index contributed by atoms with van der Waals surface area (Å²) in [4.78, 5) is 4.18. The highest BCUT2D eigenvalue weighted by Gasteiger charge is 2.11. The third-order valence-electron chi connectivity index (χ3n) is 2.80. The summed E-state index contributed by atoms with van der Waals surface area (Å²) in [7, 11) is 0. The van der Waals surface area contributed by atoms with Crippen molar-refractivity contribution >= 4 is 40.2 Å². The summed E-state index contributed by atoms with van der Waals surface area (Å²) in [6.07, 6.45) is 0. The average molecular weight is 296 g/mol. The van der Waals surface area contributed by atoms with Crippen molar-refractivity contribution in [3.05, 3.63) is 52.3 Å². The molecule has 0 bridgehead atoms. The first-order chi connectivity index (χ1) is 9.06. The number of nitrogen functional groups attached to an aromatic ring is 1. The predicted octanol–water partition coefficient (Wildman–Crippen LogP) is 4.05. The van der Waals surface area contributed by atoms with Crippen molar-refractivity contribution in [1.29, 1.82) is 0 Å². The smallest absolute Gasteiger partial charge is 0.205 e. The number of anilines is 1. The van der Waals surface area contributed by atoms with Crippen LogP contribution in [0, 0.1) is 5.82 Å². The van der Waals surface area contributed by atoms with E-state index >= 15 is 0 Å². The topological polar surface area (TPSA) is 43.8 Å². The Kier molecular flexibility index (Phi) is 2.84. The van der Waals surface area contributed by atoms with E-state index in [0.29, 0.717) is 26.8 Å². The summed E-state index contributed by atoms with van der Waals surface area (Å²) in [5, 5.41) is 0.844. The SMILES string of the molecule is Nc1nc2ccc(F)cc2n1-c1ccc(Cl)c(Cl)c1. The number of hydrogen-bond donors (Lipinski definition) is 1. The zero-order valence-corrected chi connectivity index (χ0v) is 11.1. The average Bonchev–Trinajstić information content (AvgIpc) is 2.68. The number of rotatable bonds is 1. The van der Waals surface area contributed by atoms with Crippen LogP contribution in [-0.4, -0.2) is 9.55 Å². The van der Waals surface area contributed by atoms with Gasteiger partial charge in [0.2, 0.25) is 5.95 Å². The Morgan fingerprint density at radius 1 is 1.05 bits per heavy atom. The third kappa shape index (κ3) is 2.03. The zero-order valence-electron chi connectivity index (χ0n) is 9.57. The maximum Gasteiger partial charge on any atom is 0.205 e. The van der Waals surface area contributed by atoms with E-state index in [1.54, 1.807) is 28.8 Å². The summed E-state index contributed by atoms with van der Waals surface area (Å²) in [5.74, 6) is -0.0901. The lowest BCUT2D eigenvalue weighted by Gasteiger charge is -2.07. The van der Waals surface area contributed by atoms with Crippen LogP contribution in [0.4, 0.5) is 10.3 Å². The van der Waals surface area contributed by atoms with E-state index in [-0.39, 0.29) is 11.8 Å². The summed E-state index contributed by atoms with van der Waals surface area (Å²) in [5.41, 5.74) is 7.75. The molecule has 0 saturated heterocycles. The maximum atomic E-state index is 13.4. The van der Waals surface area contributed by atoms with Gasteiger partial charge in [0.15, 0.2) is 0 Å². The van der Waals surface area contributed by atoms with Crippen molar-refractivity contribution in [3.63, 3.8) is 0 Å². The molecule has 0 unspecified atom stereocenters. The Morgan fingerprint density at radius 2 is 1.84 bits per heavy atom. The van der Waals surface area contributed by atoms with Gasteiger partial charge in [-0.25, -0.2) is 9.37 Å². The highest BCUT2D eigenvalue weighted by molar-refractivity contribution is 6.42. The Morgan fingerprint density at radius 3 is 2.58 bits per heavy atom. The van der Waals surface area contributed by atoms with E-state index in [0.717, 1.165) is 0 Å². The van der Waals surface area contributed by atoms with Crippen LogP contribution in [-0.2, 0) is 0 Å². The molecule has 2 N–H and O–H groups in total. The first-order valence-electron chi connectivity index (χ1n) is 5.45. The highest BCUT2D eigenvalue weighted by atomic mass is 35.5. The number of hydrogen-bond acceptors (Lipinski definition) is 2. The molecule has 0 aliphatic heterocycles. The van der Waals surface area contributed by atoms with Crippen molar-refractivity contribution in [2.75, 3.05) is 5.73 Å². The second kappa shape index (κ2) is 4.40. The molecule has 0 spiro atoms. The van der Waals surface area contributed by atoms with Crippen molar-refractivity contribution in [1.82, 2.24) is 9.55 Å². The molecule has 96 valence electrons. The van der Waals surface area contributed by atoms with E-state index in [9.17, 15) is 4.39 Å². The highest BCUT2D eigenvalue weighted by Crippen LogP contribution is 2.28. The van der Waals surface area contributed by atoms with Gasteiger partial charge in [-0.1, -0.05) is 23.2 Å². The van der Waals surface area contributed by atoms with Crippen LogP contribution in [0.3, 0.4) is 0 Å². The molecule has 3 nitrogen and oxygen atoms in total. The molecule has 19 heavy (non-hydrogen) atoms. The van der Waals surface area contributed by atoms with Crippen LogP contribution >= 0.6 is 23.2 Å². The molecule has 0 saturated carbocycles. The van der Waals surface area contributed by atoms with Gasteiger partial charge in [0, 0.05) is 6.07 Å². The van der Waals surface area contributed by atoms with Gasteiger partial charge in [-0.3, -0.25) is 4.57 Å². The number of aromatic nitrogens is 2. The standard InChI is InChI=1S/C13H8Cl2FN3/c14-9-3-2-8(6-10(9)15)19-12-5-7(16)1-4-11(12)18-13(19)17/h1-6H,(H2,17,18). The molecule has 0 fully saturated rings. The molecular weight excluding hydrogens is 288 g/mol. The molecular formula is C13H8Cl2FN3. The minimum Gasteiger partial charge on any atom is -0.369 e. The minimum absolute atomic E-state index is 0.263. The maximum absolute atomic E-state index is 13.4. The molecule has 3 rings (SSSR count). The van der Waals surface area contributed by atoms with Gasteiger partial charge in [0.25, 0.3) is 0 Å². The fourth-order valence-electron chi connectivity index (χ4n) is 1.96. The van der Waals surface area contributed by atoms with Crippen molar-refractivity contribution in [2.24, 2.45) is 0 Å². The summed E-state index contributed by atoms with van der Waals surface area (Å²) >= 11 is 11.9. The fraction of sp³-hybridized carbons (Fsp3) is 0. The van der Waals surface area contributed by atoms with Crippen molar-refractivity contribution < 1.29 is 4.39 Å². The predicted molar refractivity (Wildman–Crippen MR) is 75.5 cm³/mol. The normalized spacial score (nSPS) is 11.1. The molecule has 6 heteroatoms. The van der Waals surface area contributed by atoms with Gasteiger partial charge in [-0.05, 0) is 30.3 Å². The van der Waals surface area contributed by atoms with Gasteiger partial charge in [-0.15, -0.1) is 0 Å². The number of fused-ring (bicyclic) bond motifs is 1. The lowest BCUT2D eigenvalue weighted by Crippen LogP contribution is -2.00. The van der Waals surface area contributed by atoms with E-state index in [2.05, 4.69) is 4.98 Å². The molecule has 0 radical (unpaired) electrons. The third-order valence-corrected chi connectivity index (χ3v) is 3.54. The monoisotopic (exact) mass is 295 g/mol. The molecule has 3 aromatic rings. The number of benzene rings is 2. The van der Waals surface area contributed by atoms with Crippen LogP contribution in [0.25, 0.3) is 16.7 Å². The van der Waals surface area contributed by atoms with Gasteiger partial charge >= 0.3 is 0 Å². The summed E-state index contributed by atoms with van der Waals surface area (Å²) in [6.45, 7) is 0. The Labute approximate surface area is 118 Å². The first-order valence-corrected chi connectivity index (χ1v) is 6.21. The molecule has 0 amide bonds. The van der Waals surface area contributed by atoms with E-state index in [4.69, 9.17) is 28.9 Å². The minimum atomic E-state index is -0.353. The van der Waals surface area contributed by atoms with Crippen LogP contribution in [0.5, 0.6) is 0 Å². The first kappa shape index (κ1) is 12.3. The lowest BCUT2D eigenvalue weighted by atomic mass is 10.2. The Balaban J connectivity index is 2.31. The molecule has 0 atom stereocenters. The second-order valence-corrected chi connectivity index (χ2v) is 4.85. The van der Waals surface area contributed by atoms with Crippen LogP contribution < -0.4 is 5.73 Å². The number of nitrogens with zero attached hydrogens (tertiary/aromatic N) is 2. The number of halogens is 3. The van der Waals surface area contributed by atoms with Crippen molar-refractivity contribution in [2.45, 2.75) is 0 Å². The molecule has 0 aliphatic carbocycles. The van der Waals surface area contributed by atoms with E-state index < -0.39 is 0 Å². The lowest BCUT2D eigenvalue weighted by molar-refractivity contribution is 0.629. The largest absolute Gasteiger partial charge is 0.369 e. The van der Waals surface area contributed by atoms with Gasteiger partial charge < -0.3 is 5.73 Å². The van der Waals surface area contributed by atoms with Crippen LogP contribution in [0.15, 0.2) is 36.4 Å². The Bertz CT molecular complexity index is 783. The summed E-state index contributed by atoms with van der Waals surface area (Å²) < 4.78 is 15.0. The second-order valence-electron chi connectivity index (χ2n) is 4.04. The van der Waals surface area contributed by atoms with Crippen molar-refractivity contribution in [3.8, 4) is 5.69 Å². The molecule has 2 aromatic carbocycles. The zero-order chi connectivity index (χ0) is 13.6. The number of nitrogens with two attached hydrogens (primary N) is 1. The fourth-order valence-corrected chi connectivity index (χ4v) is 2.25. The van der Waals surface area contributed by atoms with Gasteiger partial charge in [-0.2, -0.15) is 0 Å². The number of imidazole rings is 1. The van der Waals surface area contributed by atoms with Crippen LogP contribution in [0.2, 0.25) is 10.0 Å². The van der Waals surface area contributed by atoms with Crippen LogP contribution in [0.1, 0.15) is 0 Å². The van der Waals surface area contributed by atoms with E-state index in [1.165, 1.54) is 12.1 Å². The quantitative estimate of drug-likeness (QED) is 0.736. The van der Waals surface area contributed by atoms with E-state index in [1.807, 2.05) is 0 Å². The molecule has 1 aromatic heterocycles.